The van der Waals surface area contributed by atoms with Crippen LogP contribution in [0.2, 0.25) is 0 Å². The van der Waals surface area contributed by atoms with E-state index in [4.69, 9.17) is 4.74 Å². The zero-order chi connectivity index (χ0) is 14.0. The van der Waals surface area contributed by atoms with E-state index in [0.717, 1.165) is 23.3 Å². The lowest BCUT2D eigenvalue weighted by atomic mass is 9.99. The Morgan fingerprint density at radius 3 is 2.79 bits per heavy atom. The van der Waals surface area contributed by atoms with Gasteiger partial charge in [-0.15, -0.1) is 0 Å². The summed E-state index contributed by atoms with van der Waals surface area (Å²) in [5.41, 5.74) is 1.22. The number of ether oxygens (including phenoxy) is 1. The molecule has 1 aliphatic rings. The van der Waals surface area contributed by atoms with E-state index in [1.54, 1.807) is 7.11 Å². The van der Waals surface area contributed by atoms with E-state index in [0.29, 0.717) is 18.0 Å². The average Bonchev–Trinajstić information content (AvgIpc) is 2.40. The zero-order valence-corrected chi connectivity index (χ0v) is 13.7. The highest BCUT2D eigenvalue weighted by atomic mass is 79.9. The molecule has 0 aliphatic carbocycles. The summed E-state index contributed by atoms with van der Waals surface area (Å²) in [6.45, 7) is 8.85. The van der Waals surface area contributed by atoms with Crippen molar-refractivity contribution in [3.63, 3.8) is 0 Å². The molecule has 3 nitrogen and oxygen atoms in total. The van der Waals surface area contributed by atoms with E-state index >= 15 is 0 Å². The largest absolute Gasteiger partial charge is 0.497 e. The fourth-order valence-electron chi connectivity index (χ4n) is 2.51. The van der Waals surface area contributed by atoms with Gasteiger partial charge in [-0.1, -0.05) is 13.8 Å². The van der Waals surface area contributed by atoms with Gasteiger partial charge in [0.05, 0.1) is 12.8 Å². The predicted molar refractivity (Wildman–Crippen MR) is 84.1 cm³/mol. The minimum atomic E-state index is 0.485. The highest BCUT2D eigenvalue weighted by Gasteiger charge is 2.28. The molecule has 0 amide bonds. The van der Waals surface area contributed by atoms with Crippen molar-refractivity contribution in [3.8, 4) is 5.75 Å². The van der Waals surface area contributed by atoms with Crippen molar-refractivity contribution in [2.24, 2.45) is 5.92 Å². The molecule has 2 rings (SSSR count). The third kappa shape index (κ3) is 3.23. The van der Waals surface area contributed by atoms with Crippen LogP contribution in [0.25, 0.3) is 0 Å². The van der Waals surface area contributed by atoms with Gasteiger partial charge in [0.2, 0.25) is 0 Å². The standard InChI is InChI=1S/C15H23BrN2O/c1-10(2)14-9-18(11(3)8-17-14)15-7-12(19-4)5-6-13(15)16/h5-7,10-11,14,17H,8-9H2,1-4H3. The van der Waals surface area contributed by atoms with Crippen LogP contribution in [0, 0.1) is 5.92 Å². The topological polar surface area (TPSA) is 24.5 Å². The molecule has 1 heterocycles. The molecule has 0 bridgehead atoms. The van der Waals surface area contributed by atoms with Crippen molar-refractivity contribution in [3.05, 3.63) is 22.7 Å². The van der Waals surface area contributed by atoms with Crippen LogP contribution in [0.4, 0.5) is 5.69 Å². The second kappa shape index (κ2) is 6.14. The Morgan fingerprint density at radius 1 is 1.42 bits per heavy atom. The summed E-state index contributed by atoms with van der Waals surface area (Å²) in [4.78, 5) is 2.47. The maximum absolute atomic E-state index is 5.35. The number of benzene rings is 1. The Bertz CT molecular complexity index is 436. The zero-order valence-electron chi connectivity index (χ0n) is 12.1. The maximum atomic E-state index is 5.35. The highest BCUT2D eigenvalue weighted by molar-refractivity contribution is 9.10. The summed E-state index contributed by atoms with van der Waals surface area (Å²) in [6, 6.07) is 7.18. The molecular formula is C15H23BrN2O. The number of methoxy groups -OCH3 is 1. The molecule has 0 radical (unpaired) electrons. The van der Waals surface area contributed by atoms with Crippen LogP contribution in [-0.2, 0) is 0 Å². The van der Waals surface area contributed by atoms with Gasteiger partial charge >= 0.3 is 0 Å². The van der Waals surface area contributed by atoms with E-state index in [1.807, 2.05) is 6.07 Å². The molecule has 0 saturated carbocycles. The molecule has 0 spiro atoms. The summed E-state index contributed by atoms with van der Waals surface area (Å²) < 4.78 is 6.48. The van der Waals surface area contributed by atoms with Gasteiger partial charge in [0.25, 0.3) is 0 Å². The summed E-state index contributed by atoms with van der Waals surface area (Å²) in [5, 5.41) is 3.63. The molecule has 1 saturated heterocycles. The third-order valence-corrected chi connectivity index (χ3v) is 4.54. The maximum Gasteiger partial charge on any atom is 0.121 e. The first-order valence-electron chi connectivity index (χ1n) is 6.86. The van der Waals surface area contributed by atoms with Gasteiger partial charge in [-0.3, -0.25) is 0 Å². The van der Waals surface area contributed by atoms with Crippen molar-refractivity contribution in [2.45, 2.75) is 32.9 Å². The highest BCUT2D eigenvalue weighted by Crippen LogP contribution is 2.33. The molecule has 1 aromatic carbocycles. The second-order valence-electron chi connectivity index (χ2n) is 5.58. The van der Waals surface area contributed by atoms with E-state index in [2.05, 4.69) is 59.1 Å². The molecule has 19 heavy (non-hydrogen) atoms. The average molecular weight is 327 g/mol. The summed E-state index contributed by atoms with van der Waals surface area (Å²) in [7, 11) is 1.71. The Morgan fingerprint density at radius 2 is 2.16 bits per heavy atom. The van der Waals surface area contributed by atoms with Crippen molar-refractivity contribution in [1.82, 2.24) is 5.32 Å². The van der Waals surface area contributed by atoms with Gasteiger partial charge in [0.1, 0.15) is 5.75 Å². The van der Waals surface area contributed by atoms with Crippen LogP contribution in [0.15, 0.2) is 22.7 Å². The first-order valence-corrected chi connectivity index (χ1v) is 7.65. The Kier molecular flexibility index (Phi) is 4.74. The molecule has 1 aromatic rings. The Labute approximate surface area is 124 Å². The molecule has 2 unspecified atom stereocenters. The number of piperazine rings is 1. The molecular weight excluding hydrogens is 304 g/mol. The van der Waals surface area contributed by atoms with Crippen molar-refractivity contribution in [2.75, 3.05) is 25.1 Å². The van der Waals surface area contributed by atoms with Gasteiger partial charge in [0, 0.05) is 35.7 Å². The Hall–Kier alpha value is -0.740. The normalized spacial score (nSPS) is 23.8. The lowest BCUT2D eigenvalue weighted by molar-refractivity contribution is 0.336. The minimum Gasteiger partial charge on any atom is -0.497 e. The van der Waals surface area contributed by atoms with Crippen LogP contribution in [0.5, 0.6) is 5.75 Å². The first-order chi connectivity index (χ1) is 9.02. The fraction of sp³-hybridized carbons (Fsp3) is 0.600. The Balaban J connectivity index is 2.27. The minimum absolute atomic E-state index is 0.485. The smallest absolute Gasteiger partial charge is 0.121 e. The lowest BCUT2D eigenvalue weighted by Gasteiger charge is -2.42. The van der Waals surface area contributed by atoms with Crippen molar-refractivity contribution < 1.29 is 4.74 Å². The molecule has 106 valence electrons. The second-order valence-corrected chi connectivity index (χ2v) is 6.43. The molecule has 1 N–H and O–H groups in total. The van der Waals surface area contributed by atoms with Crippen LogP contribution >= 0.6 is 15.9 Å². The molecule has 1 fully saturated rings. The van der Waals surface area contributed by atoms with Gasteiger partial charge in [0.15, 0.2) is 0 Å². The van der Waals surface area contributed by atoms with Crippen LogP contribution in [0.1, 0.15) is 20.8 Å². The number of nitrogens with one attached hydrogen (secondary N) is 1. The first kappa shape index (κ1) is 14.7. The van der Waals surface area contributed by atoms with Gasteiger partial charge < -0.3 is 15.0 Å². The molecule has 2 atom stereocenters. The van der Waals surface area contributed by atoms with E-state index in [9.17, 15) is 0 Å². The van der Waals surface area contributed by atoms with E-state index in [1.165, 1.54) is 5.69 Å². The number of anilines is 1. The van der Waals surface area contributed by atoms with Crippen LogP contribution in [0.3, 0.4) is 0 Å². The number of halogens is 1. The monoisotopic (exact) mass is 326 g/mol. The van der Waals surface area contributed by atoms with E-state index < -0.39 is 0 Å². The van der Waals surface area contributed by atoms with Gasteiger partial charge in [-0.25, -0.2) is 0 Å². The van der Waals surface area contributed by atoms with Gasteiger partial charge in [-0.05, 0) is 40.9 Å². The number of hydrogen-bond donors (Lipinski definition) is 1. The quantitative estimate of drug-likeness (QED) is 0.922. The summed E-state index contributed by atoms with van der Waals surface area (Å²) in [6.07, 6.45) is 0. The number of nitrogens with zero attached hydrogens (tertiary/aromatic N) is 1. The molecule has 4 heteroatoms. The van der Waals surface area contributed by atoms with E-state index in [-0.39, 0.29) is 0 Å². The van der Waals surface area contributed by atoms with Crippen LogP contribution in [-0.4, -0.2) is 32.3 Å². The third-order valence-electron chi connectivity index (χ3n) is 3.87. The van der Waals surface area contributed by atoms with Crippen LogP contribution < -0.4 is 15.0 Å². The van der Waals surface area contributed by atoms with Crippen molar-refractivity contribution >= 4 is 21.6 Å². The summed E-state index contributed by atoms with van der Waals surface area (Å²) >= 11 is 3.66. The number of hydrogen-bond acceptors (Lipinski definition) is 3. The lowest BCUT2D eigenvalue weighted by Crippen LogP contribution is -2.57. The van der Waals surface area contributed by atoms with Gasteiger partial charge in [-0.2, -0.15) is 0 Å². The summed E-state index contributed by atoms with van der Waals surface area (Å²) in [5.74, 6) is 1.55. The number of rotatable bonds is 3. The van der Waals surface area contributed by atoms with Crippen molar-refractivity contribution in [1.29, 1.82) is 0 Å². The molecule has 1 aliphatic heterocycles. The fourth-order valence-corrected chi connectivity index (χ4v) is 2.98. The molecule has 0 aromatic heterocycles. The predicted octanol–water partition coefficient (Wildman–Crippen LogP) is 3.28. The SMILES string of the molecule is COc1ccc(Br)c(N2CC(C(C)C)NCC2C)c1.